The molecule has 19 heavy (non-hydrogen) atoms. The van der Waals surface area contributed by atoms with Gasteiger partial charge in [-0.15, -0.1) is 0 Å². The van der Waals surface area contributed by atoms with Crippen LogP contribution in [0, 0.1) is 5.92 Å². The third-order valence-corrected chi connectivity index (χ3v) is 3.28. The average Bonchev–Trinajstić information content (AvgIpc) is 2.36. The number of aliphatic carboxylic acids is 1. The fourth-order valence-corrected chi connectivity index (χ4v) is 2.24. The minimum atomic E-state index is -1.27. The molecule has 0 aromatic carbocycles. The van der Waals surface area contributed by atoms with E-state index in [4.69, 9.17) is 10.8 Å². The van der Waals surface area contributed by atoms with Crippen molar-refractivity contribution in [1.82, 2.24) is 10.6 Å². The van der Waals surface area contributed by atoms with Crippen molar-refractivity contribution in [2.24, 2.45) is 11.7 Å². The first kappa shape index (κ1) is 15.3. The molecule has 3 amide bonds. The molecule has 0 spiro atoms. The first-order valence-corrected chi connectivity index (χ1v) is 6.54. The Labute approximate surface area is 111 Å². The number of hydrogen-bond acceptors (Lipinski definition) is 3. The highest BCUT2D eigenvalue weighted by Crippen LogP contribution is 2.22. The molecule has 0 heterocycles. The normalized spacial score (nSPS) is 17.5. The first-order chi connectivity index (χ1) is 8.99. The van der Waals surface area contributed by atoms with E-state index in [1.807, 2.05) is 0 Å². The molecular formula is C12H21N3O4. The summed E-state index contributed by atoms with van der Waals surface area (Å²) >= 11 is 0. The Bertz CT molecular complexity index is 340. The molecule has 1 aliphatic carbocycles. The van der Waals surface area contributed by atoms with Gasteiger partial charge < -0.3 is 21.5 Å². The maximum absolute atomic E-state index is 11.5. The van der Waals surface area contributed by atoms with Crippen LogP contribution >= 0.6 is 0 Å². The number of carboxylic acid groups (broad SMARTS) is 1. The topological polar surface area (TPSA) is 122 Å². The van der Waals surface area contributed by atoms with Crippen LogP contribution in [0.15, 0.2) is 0 Å². The van der Waals surface area contributed by atoms with E-state index in [0.29, 0.717) is 12.5 Å². The van der Waals surface area contributed by atoms with Gasteiger partial charge in [0.15, 0.2) is 0 Å². The van der Waals surface area contributed by atoms with Gasteiger partial charge >= 0.3 is 12.0 Å². The summed E-state index contributed by atoms with van der Waals surface area (Å²) in [5, 5.41) is 13.7. The van der Waals surface area contributed by atoms with Crippen LogP contribution in [0.5, 0.6) is 0 Å². The standard InChI is InChI=1S/C12H21N3O4/c13-10(16)6-9(11(17)18)15-12(19)14-7-8-4-2-1-3-5-8/h8-9H,1-7H2,(H2,13,16)(H,17,18)(H2,14,15,19)/t9-/m1/s1. The summed E-state index contributed by atoms with van der Waals surface area (Å²) in [6.07, 6.45) is 5.35. The van der Waals surface area contributed by atoms with Crippen molar-refractivity contribution in [3.63, 3.8) is 0 Å². The molecule has 1 saturated carbocycles. The second-order valence-corrected chi connectivity index (χ2v) is 4.92. The van der Waals surface area contributed by atoms with Crippen LogP contribution in [0.3, 0.4) is 0 Å². The van der Waals surface area contributed by atoms with Gasteiger partial charge in [0, 0.05) is 6.54 Å². The number of hydrogen-bond donors (Lipinski definition) is 4. The lowest BCUT2D eigenvalue weighted by Crippen LogP contribution is -2.48. The molecule has 0 aromatic rings. The van der Waals surface area contributed by atoms with Gasteiger partial charge in [-0.1, -0.05) is 19.3 Å². The van der Waals surface area contributed by atoms with Crippen LogP contribution in [0.2, 0.25) is 0 Å². The highest BCUT2D eigenvalue weighted by molar-refractivity contribution is 5.87. The van der Waals surface area contributed by atoms with Crippen molar-refractivity contribution in [2.75, 3.05) is 6.54 Å². The molecule has 1 aliphatic rings. The van der Waals surface area contributed by atoms with Gasteiger partial charge in [-0.25, -0.2) is 9.59 Å². The molecule has 7 heteroatoms. The van der Waals surface area contributed by atoms with Crippen molar-refractivity contribution in [3.05, 3.63) is 0 Å². The quantitative estimate of drug-likeness (QED) is 0.551. The third-order valence-electron chi connectivity index (χ3n) is 3.28. The molecule has 0 unspecified atom stereocenters. The number of carboxylic acids is 1. The highest BCUT2D eigenvalue weighted by Gasteiger charge is 2.22. The van der Waals surface area contributed by atoms with Crippen LogP contribution < -0.4 is 16.4 Å². The predicted octanol–water partition coefficient (Wildman–Crippen LogP) is 0.194. The summed E-state index contributed by atoms with van der Waals surface area (Å²) in [7, 11) is 0. The second-order valence-electron chi connectivity index (χ2n) is 4.92. The lowest BCUT2D eigenvalue weighted by Gasteiger charge is -2.22. The number of rotatable bonds is 6. The van der Waals surface area contributed by atoms with Gasteiger partial charge in [-0.05, 0) is 18.8 Å². The zero-order valence-corrected chi connectivity index (χ0v) is 10.9. The molecule has 0 saturated heterocycles. The van der Waals surface area contributed by atoms with Gasteiger partial charge in [0.05, 0.1) is 6.42 Å². The van der Waals surface area contributed by atoms with Crippen molar-refractivity contribution in [2.45, 2.75) is 44.6 Å². The molecule has 0 aromatic heterocycles. The number of primary amides is 1. The monoisotopic (exact) mass is 271 g/mol. The molecule has 108 valence electrons. The van der Waals surface area contributed by atoms with Gasteiger partial charge in [0.1, 0.15) is 6.04 Å². The summed E-state index contributed by atoms with van der Waals surface area (Å²) in [6.45, 7) is 0.536. The summed E-state index contributed by atoms with van der Waals surface area (Å²) in [5.74, 6) is -1.58. The van der Waals surface area contributed by atoms with Crippen LogP contribution in [-0.4, -0.2) is 35.6 Å². The molecular weight excluding hydrogens is 250 g/mol. The zero-order valence-electron chi connectivity index (χ0n) is 10.9. The van der Waals surface area contributed by atoms with E-state index >= 15 is 0 Å². The molecule has 1 rings (SSSR count). The van der Waals surface area contributed by atoms with Gasteiger partial charge in [0.2, 0.25) is 5.91 Å². The molecule has 1 fully saturated rings. The minimum absolute atomic E-state index is 0.411. The number of urea groups is 1. The summed E-state index contributed by atoms with van der Waals surface area (Å²) in [4.78, 5) is 33.1. The van der Waals surface area contributed by atoms with Crippen molar-refractivity contribution in [3.8, 4) is 0 Å². The largest absolute Gasteiger partial charge is 0.480 e. The molecule has 0 bridgehead atoms. The van der Waals surface area contributed by atoms with Crippen molar-refractivity contribution < 1.29 is 19.5 Å². The van der Waals surface area contributed by atoms with Gasteiger partial charge in [-0.2, -0.15) is 0 Å². The van der Waals surface area contributed by atoms with E-state index in [1.54, 1.807) is 0 Å². The lowest BCUT2D eigenvalue weighted by molar-refractivity contribution is -0.140. The Morgan fingerprint density at radius 3 is 2.37 bits per heavy atom. The van der Waals surface area contributed by atoms with Gasteiger partial charge in [0.25, 0.3) is 0 Å². The van der Waals surface area contributed by atoms with E-state index in [1.165, 1.54) is 19.3 Å². The van der Waals surface area contributed by atoms with Crippen molar-refractivity contribution in [1.29, 1.82) is 0 Å². The smallest absolute Gasteiger partial charge is 0.326 e. The minimum Gasteiger partial charge on any atom is -0.480 e. The summed E-state index contributed by atoms with van der Waals surface area (Å²) < 4.78 is 0. The van der Waals surface area contributed by atoms with Crippen LogP contribution in [-0.2, 0) is 9.59 Å². The Hall–Kier alpha value is -1.79. The maximum Gasteiger partial charge on any atom is 0.326 e. The number of amides is 3. The van der Waals surface area contributed by atoms with E-state index < -0.39 is 30.4 Å². The fraction of sp³-hybridized carbons (Fsp3) is 0.750. The number of carbonyl (C=O) groups excluding carboxylic acids is 2. The summed E-state index contributed by atoms with van der Waals surface area (Å²) in [5.41, 5.74) is 4.92. The third kappa shape index (κ3) is 6.08. The maximum atomic E-state index is 11.5. The Morgan fingerprint density at radius 1 is 1.21 bits per heavy atom. The molecule has 0 radical (unpaired) electrons. The Balaban J connectivity index is 2.31. The fourth-order valence-electron chi connectivity index (χ4n) is 2.24. The highest BCUT2D eigenvalue weighted by atomic mass is 16.4. The van der Waals surface area contributed by atoms with E-state index in [-0.39, 0.29) is 0 Å². The van der Waals surface area contributed by atoms with Crippen LogP contribution in [0.25, 0.3) is 0 Å². The lowest BCUT2D eigenvalue weighted by atomic mass is 9.89. The number of carbonyl (C=O) groups is 3. The first-order valence-electron chi connectivity index (χ1n) is 6.54. The van der Waals surface area contributed by atoms with E-state index in [2.05, 4.69) is 10.6 Å². The van der Waals surface area contributed by atoms with Crippen LogP contribution in [0.4, 0.5) is 4.79 Å². The van der Waals surface area contributed by atoms with E-state index in [9.17, 15) is 14.4 Å². The predicted molar refractivity (Wildman–Crippen MR) is 68.3 cm³/mol. The van der Waals surface area contributed by atoms with E-state index in [0.717, 1.165) is 12.8 Å². The molecule has 7 nitrogen and oxygen atoms in total. The van der Waals surface area contributed by atoms with Gasteiger partial charge in [-0.3, -0.25) is 4.79 Å². The SMILES string of the molecule is NC(=O)C[C@@H](NC(=O)NCC1CCCCC1)C(=O)O. The second kappa shape index (κ2) is 7.60. The molecule has 5 N–H and O–H groups in total. The van der Waals surface area contributed by atoms with Crippen molar-refractivity contribution >= 4 is 17.9 Å². The molecule has 0 aliphatic heterocycles. The van der Waals surface area contributed by atoms with Crippen LogP contribution in [0.1, 0.15) is 38.5 Å². The zero-order chi connectivity index (χ0) is 14.3. The Kier molecular flexibility index (Phi) is 6.11. The number of nitrogens with one attached hydrogen (secondary N) is 2. The summed E-state index contributed by atoms with van der Waals surface area (Å²) in [6, 6.07) is -1.84. The number of nitrogens with two attached hydrogens (primary N) is 1. The molecule has 1 atom stereocenters. The average molecular weight is 271 g/mol. The Morgan fingerprint density at radius 2 is 1.84 bits per heavy atom.